The molecule has 0 atom stereocenters. The molecule has 2 amide bonds. The van der Waals surface area contributed by atoms with E-state index in [1.54, 1.807) is 23.1 Å². The zero-order valence-corrected chi connectivity index (χ0v) is 15.5. The molecule has 0 radical (unpaired) electrons. The summed E-state index contributed by atoms with van der Waals surface area (Å²) in [6, 6.07) is 18.7. The van der Waals surface area contributed by atoms with E-state index in [9.17, 15) is 14.7 Å². The number of hydrogen-bond acceptors (Lipinski definition) is 3. The number of hydrogen-bond donors (Lipinski definition) is 2. The van der Waals surface area contributed by atoms with Gasteiger partial charge in [-0.1, -0.05) is 42.5 Å². The standard InChI is InChI=1S/C23H22N2O3/c24-22(27)15-10-12-25(13-11-15)23(28)21-9-3-7-19-18(6-2-8-20(19)21)16-4-1-5-17(26)14-16/h1-9,14-15,26H,10-13H2,(H2,24,27). The van der Waals surface area contributed by atoms with Crippen LogP contribution in [0, 0.1) is 5.92 Å². The summed E-state index contributed by atoms with van der Waals surface area (Å²) >= 11 is 0. The summed E-state index contributed by atoms with van der Waals surface area (Å²) in [4.78, 5) is 26.3. The molecular weight excluding hydrogens is 352 g/mol. The van der Waals surface area contributed by atoms with E-state index in [1.807, 2.05) is 42.5 Å². The van der Waals surface area contributed by atoms with Gasteiger partial charge in [0.1, 0.15) is 5.75 Å². The van der Waals surface area contributed by atoms with Gasteiger partial charge in [-0.05, 0) is 52.9 Å². The minimum absolute atomic E-state index is 0.0263. The molecule has 0 unspecified atom stereocenters. The highest BCUT2D eigenvalue weighted by atomic mass is 16.3. The van der Waals surface area contributed by atoms with Crippen molar-refractivity contribution in [1.82, 2.24) is 4.90 Å². The lowest BCUT2D eigenvalue weighted by molar-refractivity contribution is -0.123. The summed E-state index contributed by atoms with van der Waals surface area (Å²) in [6.07, 6.45) is 1.22. The topological polar surface area (TPSA) is 83.6 Å². The number of primary amides is 1. The fourth-order valence-corrected chi connectivity index (χ4v) is 3.96. The van der Waals surface area contributed by atoms with Crippen molar-refractivity contribution in [3.8, 4) is 16.9 Å². The minimum Gasteiger partial charge on any atom is -0.508 e. The number of nitrogens with two attached hydrogens (primary N) is 1. The quantitative estimate of drug-likeness (QED) is 0.735. The molecule has 3 aromatic carbocycles. The van der Waals surface area contributed by atoms with Crippen molar-refractivity contribution in [3.63, 3.8) is 0 Å². The summed E-state index contributed by atoms with van der Waals surface area (Å²) in [5.74, 6) is -0.248. The summed E-state index contributed by atoms with van der Waals surface area (Å²) < 4.78 is 0. The maximum atomic E-state index is 13.2. The summed E-state index contributed by atoms with van der Waals surface area (Å²) in [5, 5.41) is 11.7. The Bertz CT molecular complexity index is 1050. The fraction of sp³-hybridized carbons (Fsp3) is 0.217. The molecular formula is C23H22N2O3. The van der Waals surface area contributed by atoms with Crippen LogP contribution in [0.4, 0.5) is 0 Å². The van der Waals surface area contributed by atoms with Crippen molar-refractivity contribution >= 4 is 22.6 Å². The molecule has 1 heterocycles. The van der Waals surface area contributed by atoms with Crippen LogP contribution in [-0.2, 0) is 4.79 Å². The van der Waals surface area contributed by atoms with E-state index in [0.29, 0.717) is 31.5 Å². The van der Waals surface area contributed by atoms with Crippen LogP contribution >= 0.6 is 0 Å². The lowest BCUT2D eigenvalue weighted by Gasteiger charge is -2.31. The van der Waals surface area contributed by atoms with Crippen LogP contribution in [0.5, 0.6) is 5.75 Å². The zero-order valence-electron chi connectivity index (χ0n) is 15.5. The molecule has 0 saturated carbocycles. The van der Waals surface area contributed by atoms with Crippen molar-refractivity contribution in [2.45, 2.75) is 12.8 Å². The molecule has 5 heteroatoms. The van der Waals surface area contributed by atoms with Gasteiger partial charge in [-0.25, -0.2) is 0 Å². The van der Waals surface area contributed by atoms with Gasteiger partial charge in [0.25, 0.3) is 5.91 Å². The number of phenolic OH excluding ortho intramolecular Hbond substituents is 1. The van der Waals surface area contributed by atoms with Crippen LogP contribution < -0.4 is 5.73 Å². The van der Waals surface area contributed by atoms with E-state index in [0.717, 1.165) is 21.9 Å². The third kappa shape index (κ3) is 3.31. The molecule has 142 valence electrons. The highest BCUT2D eigenvalue weighted by Crippen LogP contribution is 2.32. The number of phenols is 1. The normalized spacial score (nSPS) is 14.9. The molecule has 5 nitrogen and oxygen atoms in total. The monoisotopic (exact) mass is 374 g/mol. The Hall–Kier alpha value is -3.34. The molecule has 0 bridgehead atoms. The van der Waals surface area contributed by atoms with E-state index in [2.05, 4.69) is 0 Å². The molecule has 4 rings (SSSR count). The molecule has 0 aliphatic carbocycles. The van der Waals surface area contributed by atoms with E-state index in [-0.39, 0.29) is 23.5 Å². The highest BCUT2D eigenvalue weighted by molar-refractivity contribution is 6.10. The lowest BCUT2D eigenvalue weighted by atomic mass is 9.93. The number of benzene rings is 3. The van der Waals surface area contributed by atoms with E-state index in [4.69, 9.17) is 5.73 Å². The van der Waals surface area contributed by atoms with Crippen molar-refractivity contribution in [2.75, 3.05) is 13.1 Å². The number of piperidine rings is 1. The second-order valence-corrected chi connectivity index (χ2v) is 7.23. The van der Waals surface area contributed by atoms with Crippen molar-refractivity contribution in [3.05, 3.63) is 66.2 Å². The van der Waals surface area contributed by atoms with Crippen molar-refractivity contribution in [2.24, 2.45) is 11.7 Å². The van der Waals surface area contributed by atoms with Gasteiger partial charge in [-0.2, -0.15) is 0 Å². The van der Waals surface area contributed by atoms with Crippen LogP contribution in [0.25, 0.3) is 21.9 Å². The summed E-state index contributed by atoms with van der Waals surface area (Å²) in [7, 11) is 0. The maximum absolute atomic E-state index is 13.2. The van der Waals surface area contributed by atoms with E-state index < -0.39 is 0 Å². The van der Waals surface area contributed by atoms with Crippen LogP contribution in [0.15, 0.2) is 60.7 Å². The van der Waals surface area contributed by atoms with Gasteiger partial charge in [0, 0.05) is 24.6 Å². The second-order valence-electron chi connectivity index (χ2n) is 7.23. The van der Waals surface area contributed by atoms with Gasteiger partial charge in [0.05, 0.1) is 0 Å². The summed E-state index contributed by atoms with van der Waals surface area (Å²) in [6.45, 7) is 1.07. The molecule has 1 fully saturated rings. The average molecular weight is 374 g/mol. The van der Waals surface area contributed by atoms with Crippen molar-refractivity contribution in [1.29, 1.82) is 0 Å². The zero-order chi connectivity index (χ0) is 19.7. The Labute approximate surface area is 163 Å². The van der Waals surface area contributed by atoms with Gasteiger partial charge >= 0.3 is 0 Å². The molecule has 0 aromatic heterocycles. The van der Waals surface area contributed by atoms with E-state index >= 15 is 0 Å². The van der Waals surface area contributed by atoms with Crippen LogP contribution in [0.1, 0.15) is 23.2 Å². The predicted octanol–water partition coefficient (Wildman–Crippen LogP) is 3.55. The van der Waals surface area contributed by atoms with Crippen LogP contribution in [0.3, 0.4) is 0 Å². The first kappa shape index (κ1) is 18.0. The predicted molar refractivity (Wildman–Crippen MR) is 109 cm³/mol. The Balaban J connectivity index is 1.70. The van der Waals surface area contributed by atoms with Crippen molar-refractivity contribution < 1.29 is 14.7 Å². The number of rotatable bonds is 3. The molecule has 3 N–H and O–H groups in total. The summed E-state index contributed by atoms with van der Waals surface area (Å²) in [5.41, 5.74) is 7.92. The molecule has 0 spiro atoms. The second kappa shape index (κ2) is 7.35. The Morgan fingerprint density at radius 1 is 0.929 bits per heavy atom. The smallest absolute Gasteiger partial charge is 0.254 e. The minimum atomic E-state index is -0.284. The number of fused-ring (bicyclic) bond motifs is 1. The first-order chi connectivity index (χ1) is 13.5. The maximum Gasteiger partial charge on any atom is 0.254 e. The van der Waals surface area contributed by atoms with E-state index in [1.165, 1.54) is 0 Å². The molecule has 1 aliphatic heterocycles. The fourth-order valence-electron chi connectivity index (χ4n) is 3.96. The Morgan fingerprint density at radius 2 is 1.61 bits per heavy atom. The largest absolute Gasteiger partial charge is 0.508 e. The molecule has 1 saturated heterocycles. The number of carbonyl (C=O) groups is 2. The van der Waals surface area contributed by atoms with Gasteiger partial charge in [0.2, 0.25) is 5.91 Å². The Kier molecular flexibility index (Phi) is 4.74. The van der Waals surface area contributed by atoms with Crippen LogP contribution in [0.2, 0.25) is 0 Å². The number of amides is 2. The van der Waals surface area contributed by atoms with Gasteiger partial charge < -0.3 is 15.7 Å². The third-order valence-electron chi connectivity index (χ3n) is 5.49. The average Bonchev–Trinajstić information content (AvgIpc) is 2.72. The first-order valence-electron chi connectivity index (χ1n) is 9.44. The van der Waals surface area contributed by atoms with Crippen LogP contribution in [-0.4, -0.2) is 34.9 Å². The van der Waals surface area contributed by atoms with Gasteiger partial charge in [-0.3, -0.25) is 9.59 Å². The Morgan fingerprint density at radius 3 is 2.32 bits per heavy atom. The highest BCUT2D eigenvalue weighted by Gasteiger charge is 2.27. The third-order valence-corrected chi connectivity index (χ3v) is 5.49. The molecule has 1 aliphatic rings. The number of nitrogens with zero attached hydrogens (tertiary/aromatic N) is 1. The molecule has 3 aromatic rings. The number of carbonyl (C=O) groups excluding carboxylic acids is 2. The first-order valence-corrected chi connectivity index (χ1v) is 9.44. The van der Waals surface area contributed by atoms with Gasteiger partial charge in [-0.15, -0.1) is 0 Å². The lowest BCUT2D eigenvalue weighted by Crippen LogP contribution is -2.41. The molecule has 28 heavy (non-hydrogen) atoms. The van der Waals surface area contributed by atoms with Gasteiger partial charge in [0.15, 0.2) is 0 Å². The number of aromatic hydroxyl groups is 1. The SMILES string of the molecule is NC(=O)C1CCN(C(=O)c2cccc3c(-c4cccc(O)c4)cccc23)CC1. The number of likely N-dealkylation sites (tertiary alicyclic amines) is 1.